The monoisotopic (exact) mass is 353 g/mol. The van der Waals surface area contributed by atoms with Gasteiger partial charge in [-0.2, -0.15) is 0 Å². The molecule has 0 bridgehead atoms. The Morgan fingerprint density at radius 1 is 0.760 bits per heavy atom. The van der Waals surface area contributed by atoms with Gasteiger partial charge in [0.15, 0.2) is 11.5 Å². The first-order valence-electron chi connectivity index (χ1n) is 7.77. The molecule has 0 saturated carbocycles. The molecule has 5 heteroatoms. The van der Waals surface area contributed by atoms with Crippen LogP contribution in [0.2, 0.25) is 0 Å². The van der Waals surface area contributed by atoms with Crippen LogP contribution in [-0.4, -0.2) is 18.4 Å². The van der Waals surface area contributed by atoms with E-state index < -0.39 is 11.0 Å². The van der Waals surface area contributed by atoms with Crippen molar-refractivity contribution < 1.29 is 13.7 Å². The summed E-state index contributed by atoms with van der Waals surface area (Å²) in [6.45, 7) is 0. The van der Waals surface area contributed by atoms with Gasteiger partial charge in [0, 0.05) is 11.8 Å². The predicted octanol–water partition coefficient (Wildman–Crippen LogP) is 4.51. The molecule has 4 nitrogen and oxygen atoms in total. The topological polar surface area (TPSA) is 47.6 Å². The van der Waals surface area contributed by atoms with Crippen molar-refractivity contribution in [3.63, 3.8) is 0 Å². The third-order valence-electron chi connectivity index (χ3n) is 3.77. The lowest BCUT2D eigenvalue weighted by Crippen LogP contribution is -2.05. The number of hydrogen-bond acceptors (Lipinski definition) is 3. The molecule has 25 heavy (non-hydrogen) atoms. The molecule has 0 spiro atoms. The van der Waals surface area contributed by atoms with Crippen molar-refractivity contribution in [2.75, 3.05) is 18.9 Å². The van der Waals surface area contributed by atoms with Gasteiger partial charge in [0.1, 0.15) is 11.0 Å². The lowest BCUT2D eigenvalue weighted by molar-refractivity contribution is 0.354. The molecule has 1 atom stereocenters. The van der Waals surface area contributed by atoms with E-state index in [9.17, 15) is 4.21 Å². The van der Waals surface area contributed by atoms with E-state index in [4.69, 9.17) is 9.47 Å². The van der Waals surface area contributed by atoms with Gasteiger partial charge >= 0.3 is 0 Å². The Morgan fingerprint density at radius 2 is 1.40 bits per heavy atom. The molecule has 0 saturated heterocycles. The number of rotatable bonds is 6. The van der Waals surface area contributed by atoms with Gasteiger partial charge in [-0.05, 0) is 35.4 Å². The lowest BCUT2D eigenvalue weighted by atomic mass is 10.1. The Morgan fingerprint density at radius 3 is 2.04 bits per heavy atom. The molecule has 0 aromatic heterocycles. The van der Waals surface area contributed by atoms with Crippen molar-refractivity contribution >= 4 is 16.7 Å². The summed E-state index contributed by atoms with van der Waals surface area (Å²) in [4.78, 5) is 0.616. The fourth-order valence-corrected chi connectivity index (χ4v) is 3.33. The van der Waals surface area contributed by atoms with Crippen LogP contribution in [0.25, 0.3) is 11.1 Å². The summed E-state index contributed by atoms with van der Waals surface area (Å²) in [7, 11) is 1.73. The van der Waals surface area contributed by atoms with E-state index in [0.717, 1.165) is 16.8 Å². The van der Waals surface area contributed by atoms with Gasteiger partial charge in [0.2, 0.25) is 0 Å². The zero-order chi connectivity index (χ0) is 17.6. The van der Waals surface area contributed by atoms with E-state index in [0.29, 0.717) is 16.4 Å². The second-order valence-electron chi connectivity index (χ2n) is 5.33. The minimum Gasteiger partial charge on any atom is -0.493 e. The van der Waals surface area contributed by atoms with E-state index in [2.05, 4.69) is 16.9 Å². The highest BCUT2D eigenvalue weighted by Gasteiger charge is 2.10. The average molecular weight is 353 g/mol. The van der Waals surface area contributed by atoms with Crippen LogP contribution >= 0.6 is 0 Å². The van der Waals surface area contributed by atoms with Crippen molar-refractivity contribution in [1.29, 1.82) is 0 Å². The Hall–Kier alpha value is -2.79. The van der Waals surface area contributed by atoms with Crippen molar-refractivity contribution in [2.45, 2.75) is 4.90 Å². The zero-order valence-electron chi connectivity index (χ0n) is 14.1. The van der Waals surface area contributed by atoms with Crippen molar-refractivity contribution in [2.24, 2.45) is 0 Å². The van der Waals surface area contributed by atoms with Crippen molar-refractivity contribution in [3.8, 4) is 22.6 Å². The first-order valence-corrected chi connectivity index (χ1v) is 8.92. The maximum atomic E-state index is 12.5. The minimum absolute atomic E-state index is 0.551. The van der Waals surface area contributed by atoms with E-state index in [-0.39, 0.29) is 0 Å². The Kier molecular flexibility index (Phi) is 5.36. The second kappa shape index (κ2) is 7.85. The lowest BCUT2D eigenvalue weighted by Gasteiger charge is -2.11. The molecule has 3 rings (SSSR count). The SMILES string of the molecule is COc1ccc(S(=O)Nc2ccc(-c3ccccc3)cc2)cc1OC. The van der Waals surface area contributed by atoms with Gasteiger partial charge < -0.3 is 14.2 Å². The van der Waals surface area contributed by atoms with Gasteiger partial charge in [0.25, 0.3) is 0 Å². The largest absolute Gasteiger partial charge is 0.493 e. The van der Waals surface area contributed by atoms with E-state index in [1.165, 1.54) is 0 Å². The summed E-state index contributed by atoms with van der Waals surface area (Å²) in [5.74, 6) is 1.16. The third-order valence-corrected chi connectivity index (χ3v) is 4.87. The molecule has 0 radical (unpaired) electrons. The summed E-state index contributed by atoms with van der Waals surface area (Å²) in [6.07, 6.45) is 0. The second-order valence-corrected chi connectivity index (χ2v) is 6.54. The molecule has 128 valence electrons. The number of hydrogen-bond donors (Lipinski definition) is 1. The van der Waals surface area contributed by atoms with E-state index in [1.54, 1.807) is 32.4 Å². The van der Waals surface area contributed by atoms with Crippen LogP contribution in [-0.2, 0) is 11.0 Å². The fourth-order valence-electron chi connectivity index (χ4n) is 2.46. The Labute approximate surface area is 150 Å². The van der Waals surface area contributed by atoms with Gasteiger partial charge in [-0.15, -0.1) is 0 Å². The van der Waals surface area contributed by atoms with Crippen LogP contribution in [0.4, 0.5) is 5.69 Å². The summed E-state index contributed by atoms with van der Waals surface area (Å²) >= 11 is 0. The quantitative estimate of drug-likeness (QED) is 0.709. The van der Waals surface area contributed by atoms with Crippen LogP contribution in [0, 0.1) is 0 Å². The third kappa shape index (κ3) is 4.00. The summed E-state index contributed by atoms with van der Waals surface area (Å²) in [5.41, 5.74) is 3.05. The van der Waals surface area contributed by atoms with Crippen LogP contribution < -0.4 is 14.2 Å². The molecular formula is C20H19NO3S. The predicted molar refractivity (Wildman–Crippen MR) is 101 cm³/mol. The van der Waals surface area contributed by atoms with Gasteiger partial charge in [0.05, 0.1) is 19.1 Å². The maximum Gasteiger partial charge on any atom is 0.161 e. The molecule has 0 aliphatic rings. The number of nitrogens with one attached hydrogen (secondary N) is 1. The van der Waals surface area contributed by atoms with Crippen molar-refractivity contribution in [3.05, 3.63) is 72.8 Å². The molecule has 1 unspecified atom stereocenters. The Bertz CT molecular complexity index is 864. The highest BCUT2D eigenvalue weighted by atomic mass is 32.2. The molecule has 0 fully saturated rings. The molecule has 0 aliphatic heterocycles. The zero-order valence-corrected chi connectivity index (χ0v) is 14.9. The summed E-state index contributed by atoms with van der Waals surface area (Å²) in [5, 5.41) is 0. The van der Waals surface area contributed by atoms with E-state index in [1.807, 2.05) is 42.5 Å². The van der Waals surface area contributed by atoms with Crippen LogP contribution in [0.3, 0.4) is 0 Å². The summed E-state index contributed by atoms with van der Waals surface area (Å²) < 4.78 is 26.0. The molecular weight excluding hydrogens is 334 g/mol. The van der Waals surface area contributed by atoms with Gasteiger partial charge in [-0.3, -0.25) is 0 Å². The highest BCUT2D eigenvalue weighted by Crippen LogP contribution is 2.29. The molecule has 3 aromatic carbocycles. The van der Waals surface area contributed by atoms with Crippen LogP contribution in [0.15, 0.2) is 77.7 Å². The van der Waals surface area contributed by atoms with Gasteiger partial charge in [-0.1, -0.05) is 42.5 Å². The first-order chi connectivity index (χ1) is 12.2. The molecule has 0 amide bonds. The van der Waals surface area contributed by atoms with Gasteiger partial charge in [-0.25, -0.2) is 4.21 Å². The van der Waals surface area contributed by atoms with Crippen LogP contribution in [0.1, 0.15) is 0 Å². The highest BCUT2D eigenvalue weighted by molar-refractivity contribution is 7.86. The average Bonchev–Trinajstić information content (AvgIpc) is 2.68. The number of methoxy groups -OCH3 is 2. The number of ether oxygens (including phenoxy) is 2. The number of anilines is 1. The molecule has 3 aromatic rings. The number of benzene rings is 3. The molecule has 0 heterocycles. The standard InChI is InChI=1S/C20H19NO3S/c1-23-19-13-12-18(14-20(19)24-2)25(22)21-17-10-8-16(9-11-17)15-6-4-3-5-7-15/h3-14,21H,1-2H3. The van der Waals surface area contributed by atoms with E-state index >= 15 is 0 Å². The normalized spacial score (nSPS) is 11.6. The minimum atomic E-state index is -1.39. The summed E-state index contributed by atoms with van der Waals surface area (Å²) in [6, 6.07) is 23.2. The van der Waals surface area contributed by atoms with Crippen LogP contribution in [0.5, 0.6) is 11.5 Å². The molecule has 0 aliphatic carbocycles. The maximum absolute atomic E-state index is 12.5. The van der Waals surface area contributed by atoms with Crippen molar-refractivity contribution in [1.82, 2.24) is 0 Å². The fraction of sp³-hybridized carbons (Fsp3) is 0.100. The molecule has 1 N–H and O–H groups in total. The Balaban J connectivity index is 1.75. The smallest absolute Gasteiger partial charge is 0.161 e. The first kappa shape index (κ1) is 17.0.